The molecule has 1 aromatic heterocycles. The Balaban J connectivity index is 1.81. The SMILES string of the molecule is Cc1ccc(CN(C)C(=O)CN2CCC(C(=O)O)C2)o1. The van der Waals surface area contributed by atoms with Gasteiger partial charge < -0.3 is 14.4 Å². The molecule has 0 bridgehead atoms. The van der Waals surface area contributed by atoms with E-state index >= 15 is 0 Å². The number of hydrogen-bond acceptors (Lipinski definition) is 4. The zero-order valence-corrected chi connectivity index (χ0v) is 11.8. The Morgan fingerprint density at radius 2 is 2.25 bits per heavy atom. The maximum absolute atomic E-state index is 12.1. The van der Waals surface area contributed by atoms with E-state index in [4.69, 9.17) is 9.52 Å². The Hall–Kier alpha value is -1.82. The summed E-state index contributed by atoms with van der Waals surface area (Å²) in [5.41, 5.74) is 0. The average Bonchev–Trinajstić information content (AvgIpc) is 2.98. The fourth-order valence-electron chi connectivity index (χ4n) is 2.38. The summed E-state index contributed by atoms with van der Waals surface area (Å²) >= 11 is 0. The molecule has 1 unspecified atom stereocenters. The van der Waals surface area contributed by atoms with Crippen molar-refractivity contribution in [3.8, 4) is 0 Å². The lowest BCUT2D eigenvalue weighted by Gasteiger charge is -2.20. The van der Waals surface area contributed by atoms with Gasteiger partial charge in [-0.1, -0.05) is 0 Å². The van der Waals surface area contributed by atoms with Crippen LogP contribution in [0.1, 0.15) is 17.9 Å². The molecule has 0 radical (unpaired) electrons. The van der Waals surface area contributed by atoms with Crippen molar-refractivity contribution in [2.24, 2.45) is 5.92 Å². The van der Waals surface area contributed by atoms with Gasteiger partial charge in [0.1, 0.15) is 11.5 Å². The second-order valence-corrected chi connectivity index (χ2v) is 5.32. The van der Waals surface area contributed by atoms with Crippen LogP contribution < -0.4 is 0 Å². The largest absolute Gasteiger partial charge is 0.481 e. The van der Waals surface area contributed by atoms with E-state index in [1.807, 2.05) is 24.0 Å². The molecule has 1 fully saturated rings. The highest BCUT2D eigenvalue weighted by Gasteiger charge is 2.29. The molecule has 0 aliphatic carbocycles. The summed E-state index contributed by atoms with van der Waals surface area (Å²) in [6, 6.07) is 3.72. The first-order valence-electron chi connectivity index (χ1n) is 6.70. The van der Waals surface area contributed by atoms with Crippen LogP contribution in [0.2, 0.25) is 0 Å². The minimum atomic E-state index is -0.778. The number of nitrogens with zero attached hydrogens (tertiary/aromatic N) is 2. The van der Waals surface area contributed by atoms with Crippen molar-refractivity contribution in [2.45, 2.75) is 19.9 Å². The van der Waals surface area contributed by atoms with Crippen LogP contribution in [-0.4, -0.2) is 53.5 Å². The first-order chi connectivity index (χ1) is 9.45. The minimum Gasteiger partial charge on any atom is -0.481 e. The van der Waals surface area contributed by atoms with Crippen molar-refractivity contribution in [3.63, 3.8) is 0 Å². The van der Waals surface area contributed by atoms with E-state index in [0.29, 0.717) is 26.1 Å². The first-order valence-corrected chi connectivity index (χ1v) is 6.70. The van der Waals surface area contributed by atoms with Gasteiger partial charge in [-0.2, -0.15) is 0 Å². The third-order valence-corrected chi connectivity index (χ3v) is 3.60. The molecule has 6 nitrogen and oxygen atoms in total. The summed E-state index contributed by atoms with van der Waals surface area (Å²) in [6.07, 6.45) is 0.615. The van der Waals surface area contributed by atoms with E-state index in [2.05, 4.69) is 0 Å². The van der Waals surface area contributed by atoms with Gasteiger partial charge in [-0.15, -0.1) is 0 Å². The second-order valence-electron chi connectivity index (χ2n) is 5.32. The molecule has 20 heavy (non-hydrogen) atoms. The molecule has 6 heteroatoms. The van der Waals surface area contributed by atoms with Crippen LogP contribution in [0.5, 0.6) is 0 Å². The number of likely N-dealkylation sites (tertiary alicyclic amines) is 1. The predicted molar refractivity (Wildman–Crippen MR) is 72.1 cm³/mol. The molecule has 1 aliphatic heterocycles. The highest BCUT2D eigenvalue weighted by Crippen LogP contribution is 2.16. The number of likely N-dealkylation sites (N-methyl/N-ethyl adjacent to an activating group) is 1. The van der Waals surface area contributed by atoms with Gasteiger partial charge in [0, 0.05) is 13.6 Å². The molecule has 0 spiro atoms. The molecule has 110 valence electrons. The second kappa shape index (κ2) is 6.09. The molecule has 1 amide bonds. The van der Waals surface area contributed by atoms with E-state index in [9.17, 15) is 9.59 Å². The van der Waals surface area contributed by atoms with Crippen molar-refractivity contribution in [1.29, 1.82) is 0 Å². The molecule has 1 atom stereocenters. The summed E-state index contributed by atoms with van der Waals surface area (Å²) in [5.74, 6) is 0.429. The lowest BCUT2D eigenvalue weighted by atomic mass is 10.1. The van der Waals surface area contributed by atoms with Gasteiger partial charge in [0.2, 0.25) is 5.91 Å². The number of aliphatic carboxylic acids is 1. The van der Waals surface area contributed by atoms with Crippen LogP contribution in [0.15, 0.2) is 16.5 Å². The highest BCUT2D eigenvalue weighted by molar-refractivity contribution is 5.78. The minimum absolute atomic E-state index is 0.0231. The number of carboxylic acid groups (broad SMARTS) is 1. The lowest BCUT2D eigenvalue weighted by molar-refractivity contribution is -0.141. The van der Waals surface area contributed by atoms with Crippen LogP contribution >= 0.6 is 0 Å². The van der Waals surface area contributed by atoms with Crippen molar-refractivity contribution in [2.75, 3.05) is 26.7 Å². The van der Waals surface area contributed by atoms with Crippen LogP contribution in [-0.2, 0) is 16.1 Å². The number of hydrogen-bond donors (Lipinski definition) is 1. The summed E-state index contributed by atoms with van der Waals surface area (Å²) in [7, 11) is 1.73. The highest BCUT2D eigenvalue weighted by atomic mass is 16.4. The van der Waals surface area contributed by atoms with E-state index in [1.165, 1.54) is 0 Å². The zero-order valence-electron chi connectivity index (χ0n) is 11.8. The number of aryl methyl sites for hydroxylation is 1. The molecule has 2 rings (SSSR count). The maximum atomic E-state index is 12.1. The van der Waals surface area contributed by atoms with Crippen molar-refractivity contribution < 1.29 is 19.1 Å². The van der Waals surface area contributed by atoms with Gasteiger partial charge in [0.15, 0.2) is 0 Å². The van der Waals surface area contributed by atoms with Crippen LogP contribution in [0.25, 0.3) is 0 Å². The number of carbonyl (C=O) groups is 2. The fourth-order valence-corrected chi connectivity index (χ4v) is 2.38. The maximum Gasteiger partial charge on any atom is 0.307 e. The monoisotopic (exact) mass is 280 g/mol. The van der Waals surface area contributed by atoms with Crippen molar-refractivity contribution in [1.82, 2.24) is 9.80 Å². The van der Waals surface area contributed by atoms with E-state index < -0.39 is 5.97 Å². The topological polar surface area (TPSA) is 74.0 Å². The first kappa shape index (κ1) is 14.6. The Morgan fingerprint density at radius 1 is 1.50 bits per heavy atom. The average molecular weight is 280 g/mol. The third kappa shape index (κ3) is 3.60. The fraction of sp³-hybridized carbons (Fsp3) is 0.571. The molecule has 1 aromatic rings. The van der Waals surface area contributed by atoms with Gasteiger partial charge >= 0.3 is 5.97 Å². The van der Waals surface area contributed by atoms with Crippen LogP contribution in [0.3, 0.4) is 0 Å². The van der Waals surface area contributed by atoms with Gasteiger partial charge in [-0.05, 0) is 32.0 Å². The van der Waals surface area contributed by atoms with Gasteiger partial charge in [0.05, 0.1) is 19.0 Å². The van der Waals surface area contributed by atoms with Crippen molar-refractivity contribution >= 4 is 11.9 Å². The standard InChI is InChI=1S/C14H20N2O4/c1-10-3-4-12(20-10)8-15(2)13(17)9-16-6-5-11(7-16)14(18)19/h3-4,11H,5-9H2,1-2H3,(H,18,19). The quantitative estimate of drug-likeness (QED) is 0.869. The summed E-state index contributed by atoms with van der Waals surface area (Å²) < 4.78 is 5.44. The molecule has 1 saturated heterocycles. The number of rotatable bonds is 5. The number of furan rings is 1. The normalized spacial score (nSPS) is 19.2. The molecule has 2 heterocycles. The Bertz CT molecular complexity index is 497. The van der Waals surface area contributed by atoms with E-state index in [-0.39, 0.29) is 18.4 Å². The zero-order chi connectivity index (χ0) is 14.7. The third-order valence-electron chi connectivity index (χ3n) is 3.60. The number of amides is 1. The molecule has 0 aromatic carbocycles. The molecule has 1 N–H and O–H groups in total. The predicted octanol–water partition coefficient (Wildman–Crippen LogP) is 0.953. The smallest absolute Gasteiger partial charge is 0.307 e. The van der Waals surface area contributed by atoms with E-state index in [1.54, 1.807) is 11.9 Å². The number of carboxylic acids is 1. The van der Waals surface area contributed by atoms with E-state index in [0.717, 1.165) is 11.5 Å². The molecule has 0 saturated carbocycles. The van der Waals surface area contributed by atoms with Crippen LogP contribution in [0, 0.1) is 12.8 Å². The summed E-state index contributed by atoms with van der Waals surface area (Å²) in [6.45, 7) is 3.68. The van der Waals surface area contributed by atoms with Crippen LogP contribution in [0.4, 0.5) is 0 Å². The molecular formula is C14H20N2O4. The summed E-state index contributed by atoms with van der Waals surface area (Å²) in [4.78, 5) is 26.5. The van der Waals surface area contributed by atoms with Crippen molar-refractivity contribution in [3.05, 3.63) is 23.7 Å². The number of carbonyl (C=O) groups excluding carboxylic acids is 1. The molecular weight excluding hydrogens is 260 g/mol. The van der Waals surface area contributed by atoms with Gasteiger partial charge in [0.25, 0.3) is 0 Å². The Kier molecular flexibility index (Phi) is 4.44. The van der Waals surface area contributed by atoms with Gasteiger partial charge in [-0.25, -0.2) is 0 Å². The molecule has 1 aliphatic rings. The lowest BCUT2D eigenvalue weighted by Crippen LogP contribution is -2.37. The van der Waals surface area contributed by atoms with Gasteiger partial charge in [-0.3, -0.25) is 14.5 Å². The Morgan fingerprint density at radius 3 is 2.80 bits per heavy atom. The Labute approximate surface area is 118 Å². The summed E-state index contributed by atoms with van der Waals surface area (Å²) in [5, 5.41) is 8.94.